The van der Waals surface area contributed by atoms with Crippen molar-refractivity contribution in [1.82, 2.24) is 0 Å². The lowest BCUT2D eigenvalue weighted by Gasteiger charge is -2.40. The zero-order valence-corrected chi connectivity index (χ0v) is 16.6. The second kappa shape index (κ2) is 6.81. The molecule has 0 saturated heterocycles. The van der Waals surface area contributed by atoms with Gasteiger partial charge in [0.25, 0.3) is 0 Å². The van der Waals surface area contributed by atoms with E-state index < -0.39 is 9.84 Å². The minimum Gasteiger partial charge on any atom is -0.309 e. The van der Waals surface area contributed by atoms with Crippen molar-refractivity contribution in [2.75, 3.05) is 22.6 Å². The molecule has 6 nitrogen and oxygen atoms in total. The van der Waals surface area contributed by atoms with E-state index in [0.717, 1.165) is 11.1 Å². The molecular formula is C20H22N2O4S. The molecule has 0 aliphatic carbocycles. The van der Waals surface area contributed by atoms with E-state index in [1.807, 2.05) is 25.1 Å². The number of carbonyl (C=O) groups excluding carboxylic acids is 2. The van der Waals surface area contributed by atoms with E-state index in [1.165, 1.54) is 20.1 Å². The van der Waals surface area contributed by atoms with Crippen molar-refractivity contribution in [3.8, 4) is 11.1 Å². The third kappa shape index (κ3) is 3.60. The van der Waals surface area contributed by atoms with Crippen LogP contribution in [0.4, 0.5) is 11.4 Å². The number of nitrogens with zero attached hydrogens (tertiary/aromatic N) is 2. The van der Waals surface area contributed by atoms with Crippen molar-refractivity contribution in [3.05, 3.63) is 42.5 Å². The van der Waals surface area contributed by atoms with Gasteiger partial charge < -0.3 is 9.80 Å². The summed E-state index contributed by atoms with van der Waals surface area (Å²) in [7, 11) is -3.26. The van der Waals surface area contributed by atoms with Crippen molar-refractivity contribution >= 4 is 33.0 Å². The minimum atomic E-state index is -3.26. The van der Waals surface area contributed by atoms with Crippen LogP contribution in [0.15, 0.2) is 47.4 Å². The maximum absolute atomic E-state index is 12.1. The summed E-state index contributed by atoms with van der Waals surface area (Å²) >= 11 is 0. The smallest absolute Gasteiger partial charge is 0.224 e. The molecule has 0 fully saturated rings. The number of anilines is 2. The predicted molar refractivity (Wildman–Crippen MR) is 106 cm³/mol. The number of amides is 2. The van der Waals surface area contributed by atoms with Crippen molar-refractivity contribution in [3.63, 3.8) is 0 Å². The van der Waals surface area contributed by atoms with Crippen LogP contribution in [-0.2, 0) is 19.4 Å². The molecule has 1 aliphatic heterocycles. The fourth-order valence-electron chi connectivity index (χ4n) is 3.48. The van der Waals surface area contributed by atoms with Crippen molar-refractivity contribution in [2.45, 2.75) is 31.7 Å². The highest BCUT2D eigenvalue weighted by atomic mass is 32.2. The zero-order valence-electron chi connectivity index (χ0n) is 15.8. The van der Waals surface area contributed by atoms with Crippen LogP contribution in [0.1, 0.15) is 20.8 Å². The molecule has 1 unspecified atom stereocenters. The molecule has 2 aromatic rings. The average molecular weight is 386 g/mol. The number of hydrogen-bond acceptors (Lipinski definition) is 4. The molecule has 0 bridgehead atoms. The van der Waals surface area contributed by atoms with E-state index in [4.69, 9.17) is 0 Å². The van der Waals surface area contributed by atoms with E-state index >= 15 is 0 Å². The average Bonchev–Trinajstić information content (AvgIpc) is 2.59. The molecule has 3 rings (SSSR count). The van der Waals surface area contributed by atoms with Crippen LogP contribution >= 0.6 is 0 Å². The summed E-state index contributed by atoms with van der Waals surface area (Å²) in [5.74, 6) is -0.159. The lowest BCUT2D eigenvalue weighted by atomic mass is 10.0. The summed E-state index contributed by atoms with van der Waals surface area (Å²) in [5, 5.41) is 0. The van der Waals surface area contributed by atoms with Crippen LogP contribution in [0.25, 0.3) is 11.1 Å². The monoisotopic (exact) mass is 386 g/mol. The zero-order chi connectivity index (χ0) is 19.9. The van der Waals surface area contributed by atoms with Crippen LogP contribution in [0, 0.1) is 0 Å². The SMILES string of the molecule is CC(=O)N1CC(C)N(C(C)=O)c2ccc(-c3ccc(S(C)(=O)=O)cc3)cc21. The second-order valence-electron chi connectivity index (χ2n) is 6.87. The highest BCUT2D eigenvalue weighted by Gasteiger charge is 2.32. The lowest BCUT2D eigenvalue weighted by Crippen LogP contribution is -2.50. The summed E-state index contributed by atoms with van der Waals surface area (Å²) in [6.45, 7) is 5.37. The van der Waals surface area contributed by atoms with Gasteiger partial charge in [-0.2, -0.15) is 0 Å². The van der Waals surface area contributed by atoms with Gasteiger partial charge in [0.1, 0.15) is 0 Å². The molecule has 7 heteroatoms. The van der Waals surface area contributed by atoms with E-state index in [0.29, 0.717) is 17.9 Å². The summed E-state index contributed by atoms with van der Waals surface area (Å²) in [5.41, 5.74) is 3.06. The Balaban J connectivity index is 2.10. The molecular weight excluding hydrogens is 364 g/mol. The van der Waals surface area contributed by atoms with E-state index in [1.54, 1.807) is 34.1 Å². The fourth-order valence-corrected chi connectivity index (χ4v) is 4.11. The number of fused-ring (bicyclic) bond motifs is 1. The summed E-state index contributed by atoms with van der Waals surface area (Å²) in [4.78, 5) is 27.9. The Morgan fingerprint density at radius 3 is 2.04 bits per heavy atom. The Morgan fingerprint density at radius 2 is 1.52 bits per heavy atom. The van der Waals surface area contributed by atoms with Crippen LogP contribution in [0.3, 0.4) is 0 Å². The van der Waals surface area contributed by atoms with Gasteiger partial charge in [-0.05, 0) is 42.3 Å². The molecule has 1 aliphatic rings. The van der Waals surface area contributed by atoms with Gasteiger partial charge in [-0.15, -0.1) is 0 Å². The first-order chi connectivity index (χ1) is 12.6. The summed E-state index contributed by atoms with van der Waals surface area (Å²) < 4.78 is 23.3. The molecule has 1 heterocycles. The van der Waals surface area contributed by atoms with E-state index in [-0.39, 0.29) is 22.8 Å². The number of carbonyl (C=O) groups is 2. The number of sulfone groups is 1. The van der Waals surface area contributed by atoms with Crippen LogP contribution in [-0.4, -0.2) is 39.1 Å². The molecule has 0 spiro atoms. The van der Waals surface area contributed by atoms with Crippen LogP contribution < -0.4 is 9.80 Å². The molecule has 27 heavy (non-hydrogen) atoms. The Labute approximate surface area is 159 Å². The quantitative estimate of drug-likeness (QED) is 0.795. The Bertz CT molecular complexity index is 1010. The third-order valence-corrected chi connectivity index (χ3v) is 5.88. The van der Waals surface area contributed by atoms with Gasteiger partial charge in [0.2, 0.25) is 11.8 Å². The van der Waals surface area contributed by atoms with Crippen molar-refractivity contribution < 1.29 is 18.0 Å². The first kappa shape index (κ1) is 19.1. The van der Waals surface area contributed by atoms with Gasteiger partial charge in [0.05, 0.1) is 22.3 Å². The first-order valence-corrected chi connectivity index (χ1v) is 10.5. The first-order valence-electron chi connectivity index (χ1n) is 8.62. The number of hydrogen-bond donors (Lipinski definition) is 0. The Hall–Kier alpha value is -2.67. The van der Waals surface area contributed by atoms with Crippen molar-refractivity contribution in [1.29, 1.82) is 0 Å². The highest BCUT2D eigenvalue weighted by Crippen LogP contribution is 2.39. The Morgan fingerprint density at radius 1 is 0.926 bits per heavy atom. The lowest BCUT2D eigenvalue weighted by molar-refractivity contribution is -0.118. The van der Waals surface area contributed by atoms with Crippen LogP contribution in [0.2, 0.25) is 0 Å². The topological polar surface area (TPSA) is 74.8 Å². The predicted octanol–water partition coefficient (Wildman–Crippen LogP) is 2.87. The van der Waals surface area contributed by atoms with Gasteiger partial charge in [-0.3, -0.25) is 9.59 Å². The third-order valence-electron chi connectivity index (χ3n) is 4.75. The largest absolute Gasteiger partial charge is 0.309 e. The second-order valence-corrected chi connectivity index (χ2v) is 8.88. The molecule has 0 N–H and O–H groups in total. The molecule has 0 radical (unpaired) electrons. The molecule has 142 valence electrons. The van der Waals surface area contributed by atoms with E-state index in [2.05, 4.69) is 0 Å². The van der Waals surface area contributed by atoms with Gasteiger partial charge in [-0.25, -0.2) is 8.42 Å². The molecule has 0 saturated carbocycles. The molecule has 2 aromatic carbocycles. The number of rotatable bonds is 2. The van der Waals surface area contributed by atoms with Gasteiger partial charge in [-0.1, -0.05) is 18.2 Å². The number of benzene rings is 2. The Kier molecular flexibility index (Phi) is 4.82. The van der Waals surface area contributed by atoms with Crippen molar-refractivity contribution in [2.24, 2.45) is 0 Å². The normalized spacial score (nSPS) is 16.8. The standard InChI is InChI=1S/C20H22N2O4S/c1-13-12-21(14(2)23)20-11-17(7-10-19(20)22(13)15(3)24)16-5-8-18(9-6-16)27(4,25)26/h5-11,13H,12H2,1-4H3. The molecule has 0 aromatic heterocycles. The summed E-state index contributed by atoms with van der Waals surface area (Å²) in [6, 6.07) is 12.1. The van der Waals surface area contributed by atoms with Crippen LogP contribution in [0.5, 0.6) is 0 Å². The highest BCUT2D eigenvalue weighted by molar-refractivity contribution is 7.90. The molecule has 1 atom stereocenters. The van der Waals surface area contributed by atoms with Gasteiger partial charge in [0, 0.05) is 26.6 Å². The minimum absolute atomic E-state index is 0.0720. The summed E-state index contributed by atoms with van der Waals surface area (Å²) in [6.07, 6.45) is 1.17. The van der Waals surface area contributed by atoms with E-state index in [9.17, 15) is 18.0 Å². The maximum atomic E-state index is 12.1. The fraction of sp³-hybridized carbons (Fsp3) is 0.300. The maximum Gasteiger partial charge on any atom is 0.224 e. The molecule has 2 amide bonds. The van der Waals surface area contributed by atoms with Gasteiger partial charge in [0.15, 0.2) is 9.84 Å². The van der Waals surface area contributed by atoms with Gasteiger partial charge >= 0.3 is 0 Å².